The number of carbonyl (C=O) groups is 3. The molecular formula is C17H20N2O5S. The van der Waals surface area contributed by atoms with Crippen molar-refractivity contribution < 1.29 is 23.9 Å². The highest BCUT2D eigenvalue weighted by molar-refractivity contribution is 8.00. The van der Waals surface area contributed by atoms with Crippen LogP contribution in [0.25, 0.3) is 0 Å². The van der Waals surface area contributed by atoms with Gasteiger partial charge >= 0.3 is 18.0 Å². The number of hydrogen-bond acceptors (Lipinski definition) is 6. The number of urea groups is 1. The average Bonchev–Trinajstić information content (AvgIpc) is 2.58. The highest BCUT2D eigenvalue weighted by atomic mass is 32.2. The topological polar surface area (TPSA) is 93.7 Å². The zero-order chi connectivity index (χ0) is 18.2. The molecule has 0 bridgehead atoms. The minimum Gasteiger partial charge on any atom is -0.463 e. The molecule has 0 radical (unpaired) electrons. The van der Waals surface area contributed by atoms with Gasteiger partial charge in [-0.15, -0.1) is 11.8 Å². The Balaban J connectivity index is 1.97. The highest BCUT2D eigenvalue weighted by Crippen LogP contribution is 2.18. The van der Waals surface area contributed by atoms with Gasteiger partial charge in [0.05, 0.1) is 29.7 Å². The summed E-state index contributed by atoms with van der Waals surface area (Å²) in [5.41, 5.74) is 0.498. The van der Waals surface area contributed by atoms with E-state index >= 15 is 0 Å². The van der Waals surface area contributed by atoms with Crippen LogP contribution in [-0.4, -0.2) is 43.0 Å². The molecule has 1 aliphatic rings. The molecule has 1 aliphatic heterocycles. The molecule has 1 aromatic carbocycles. The van der Waals surface area contributed by atoms with E-state index in [0.29, 0.717) is 0 Å². The van der Waals surface area contributed by atoms with Crippen molar-refractivity contribution in [3.63, 3.8) is 0 Å². The predicted octanol–water partition coefficient (Wildman–Crippen LogP) is 1.84. The third-order valence-electron chi connectivity index (χ3n) is 3.34. The van der Waals surface area contributed by atoms with Crippen LogP contribution in [0, 0.1) is 0 Å². The first-order valence-corrected chi connectivity index (χ1v) is 8.81. The van der Waals surface area contributed by atoms with Crippen molar-refractivity contribution in [1.82, 2.24) is 10.6 Å². The number of thioether (sulfide) groups is 1. The summed E-state index contributed by atoms with van der Waals surface area (Å²) < 4.78 is 10.2. The summed E-state index contributed by atoms with van der Waals surface area (Å²) in [4.78, 5) is 36.5. The lowest BCUT2D eigenvalue weighted by Crippen LogP contribution is -2.50. The molecule has 1 atom stereocenters. The largest absolute Gasteiger partial charge is 0.463 e. The Morgan fingerprint density at radius 2 is 1.92 bits per heavy atom. The number of ether oxygens (including phenoxy) is 2. The monoisotopic (exact) mass is 364 g/mol. The van der Waals surface area contributed by atoms with E-state index in [1.54, 1.807) is 13.8 Å². The van der Waals surface area contributed by atoms with E-state index in [2.05, 4.69) is 10.6 Å². The average molecular weight is 364 g/mol. The van der Waals surface area contributed by atoms with E-state index in [0.717, 1.165) is 4.90 Å². The van der Waals surface area contributed by atoms with Crippen LogP contribution in [-0.2, 0) is 19.1 Å². The van der Waals surface area contributed by atoms with Gasteiger partial charge in [-0.1, -0.05) is 18.2 Å². The molecule has 0 spiro atoms. The van der Waals surface area contributed by atoms with Gasteiger partial charge in [-0.05, 0) is 26.0 Å². The third-order valence-corrected chi connectivity index (χ3v) is 4.33. The summed E-state index contributed by atoms with van der Waals surface area (Å²) in [5.74, 6) is -0.856. The Morgan fingerprint density at radius 3 is 2.60 bits per heavy atom. The molecule has 8 heteroatoms. The van der Waals surface area contributed by atoms with Gasteiger partial charge in [0, 0.05) is 4.90 Å². The lowest BCUT2D eigenvalue weighted by atomic mass is 10.0. The lowest BCUT2D eigenvalue weighted by Gasteiger charge is -2.26. The molecule has 134 valence electrons. The van der Waals surface area contributed by atoms with Gasteiger partial charge in [0.2, 0.25) is 0 Å². The summed E-state index contributed by atoms with van der Waals surface area (Å²) in [6, 6.07) is 8.48. The van der Waals surface area contributed by atoms with Gasteiger partial charge in [-0.3, -0.25) is 4.79 Å². The number of esters is 2. The van der Waals surface area contributed by atoms with Crippen LogP contribution in [0.1, 0.15) is 13.8 Å². The molecule has 2 amide bonds. The normalized spacial score (nSPS) is 16.7. The zero-order valence-corrected chi connectivity index (χ0v) is 14.9. The molecule has 0 fully saturated rings. The summed E-state index contributed by atoms with van der Waals surface area (Å²) in [7, 11) is 0. The van der Waals surface area contributed by atoms with Gasteiger partial charge in [0.1, 0.15) is 6.61 Å². The first-order chi connectivity index (χ1) is 12.0. The second kappa shape index (κ2) is 9.12. The molecule has 2 rings (SSSR count). The van der Waals surface area contributed by atoms with Crippen LogP contribution < -0.4 is 10.6 Å². The molecule has 0 saturated carbocycles. The van der Waals surface area contributed by atoms with Gasteiger partial charge in [0.15, 0.2) is 0 Å². The molecular weight excluding hydrogens is 344 g/mol. The van der Waals surface area contributed by atoms with Crippen LogP contribution in [0.15, 0.2) is 46.5 Å². The third kappa shape index (κ3) is 5.53. The van der Waals surface area contributed by atoms with E-state index in [4.69, 9.17) is 9.47 Å². The van der Waals surface area contributed by atoms with E-state index in [-0.39, 0.29) is 30.2 Å². The number of nitrogens with one attached hydrogen (secondary N) is 2. The van der Waals surface area contributed by atoms with Crippen molar-refractivity contribution in [3.05, 3.63) is 41.6 Å². The fourth-order valence-corrected chi connectivity index (χ4v) is 2.96. The Labute approximate surface area is 150 Å². The Kier molecular flexibility index (Phi) is 6.88. The van der Waals surface area contributed by atoms with Crippen molar-refractivity contribution in [2.75, 3.05) is 19.0 Å². The van der Waals surface area contributed by atoms with Gasteiger partial charge in [-0.2, -0.15) is 0 Å². The molecule has 0 saturated heterocycles. The summed E-state index contributed by atoms with van der Waals surface area (Å²) in [5, 5.41) is 5.09. The second-order valence-electron chi connectivity index (χ2n) is 5.20. The molecule has 1 heterocycles. The van der Waals surface area contributed by atoms with Crippen LogP contribution >= 0.6 is 11.8 Å². The van der Waals surface area contributed by atoms with Crippen LogP contribution in [0.4, 0.5) is 4.79 Å². The number of benzene rings is 1. The molecule has 0 aliphatic carbocycles. The van der Waals surface area contributed by atoms with E-state index in [9.17, 15) is 14.4 Å². The van der Waals surface area contributed by atoms with Crippen molar-refractivity contribution >= 4 is 29.7 Å². The van der Waals surface area contributed by atoms with Gasteiger partial charge < -0.3 is 20.1 Å². The standard InChI is InChI=1S/C17H20N2O5S/c1-3-23-16(21)15-11(2)18-17(22)19-13(15)9-24-14(20)10-25-12-7-5-4-6-8-12/h4-8,11H,3,9-10H2,1-2H3,(H2,18,19,22). The number of rotatable bonds is 7. The quantitative estimate of drug-likeness (QED) is 0.566. The number of amides is 2. The van der Waals surface area contributed by atoms with Crippen molar-refractivity contribution in [2.24, 2.45) is 0 Å². The second-order valence-corrected chi connectivity index (χ2v) is 6.24. The van der Waals surface area contributed by atoms with Crippen molar-refractivity contribution in [1.29, 1.82) is 0 Å². The molecule has 25 heavy (non-hydrogen) atoms. The smallest absolute Gasteiger partial charge is 0.338 e. The number of carbonyl (C=O) groups excluding carboxylic acids is 3. The van der Waals surface area contributed by atoms with Crippen LogP contribution in [0.2, 0.25) is 0 Å². The predicted molar refractivity (Wildman–Crippen MR) is 92.9 cm³/mol. The SMILES string of the molecule is CCOC(=O)C1=C(COC(=O)CSc2ccccc2)NC(=O)NC1C. The Morgan fingerprint density at radius 1 is 1.20 bits per heavy atom. The molecule has 2 N–H and O–H groups in total. The lowest BCUT2D eigenvalue weighted by molar-refractivity contribution is -0.141. The van der Waals surface area contributed by atoms with Gasteiger partial charge in [-0.25, -0.2) is 9.59 Å². The van der Waals surface area contributed by atoms with Crippen LogP contribution in [0.3, 0.4) is 0 Å². The maximum absolute atomic E-state index is 12.1. The first-order valence-electron chi connectivity index (χ1n) is 7.82. The summed E-state index contributed by atoms with van der Waals surface area (Å²) in [6.07, 6.45) is 0. The van der Waals surface area contributed by atoms with Crippen molar-refractivity contribution in [3.8, 4) is 0 Å². The first kappa shape index (κ1) is 18.9. The van der Waals surface area contributed by atoms with E-state index in [1.807, 2.05) is 30.3 Å². The molecule has 7 nitrogen and oxygen atoms in total. The maximum atomic E-state index is 12.1. The molecule has 1 aromatic rings. The summed E-state index contributed by atoms with van der Waals surface area (Å²) in [6.45, 7) is 3.38. The minimum atomic E-state index is -0.549. The van der Waals surface area contributed by atoms with E-state index in [1.165, 1.54) is 11.8 Å². The molecule has 1 unspecified atom stereocenters. The van der Waals surface area contributed by atoms with Crippen molar-refractivity contribution in [2.45, 2.75) is 24.8 Å². The Hall–Kier alpha value is -2.48. The fourth-order valence-electron chi connectivity index (χ4n) is 2.25. The maximum Gasteiger partial charge on any atom is 0.338 e. The zero-order valence-electron chi connectivity index (χ0n) is 14.0. The van der Waals surface area contributed by atoms with Gasteiger partial charge in [0.25, 0.3) is 0 Å². The Bertz CT molecular complexity index is 675. The summed E-state index contributed by atoms with van der Waals surface area (Å²) >= 11 is 1.35. The highest BCUT2D eigenvalue weighted by Gasteiger charge is 2.30. The fraction of sp³-hybridized carbons (Fsp3) is 0.353. The van der Waals surface area contributed by atoms with Crippen LogP contribution in [0.5, 0.6) is 0 Å². The minimum absolute atomic E-state index is 0.133. The van der Waals surface area contributed by atoms with E-state index < -0.39 is 24.0 Å². The number of hydrogen-bond donors (Lipinski definition) is 2. The molecule has 0 aromatic heterocycles.